The van der Waals surface area contributed by atoms with E-state index in [1.807, 2.05) is 24.8 Å². The molecular weight excluding hydrogens is 416 g/mol. The first kappa shape index (κ1) is 20.8. The SMILES string of the molecule is C[C@]12CC[C@H]3[C@@H](CC=C4C[C@@H](n5ccnn5)CC[C@@]43C)[C@@H]1CC[C@@H]2c1ccc2ccncc2c1. The summed E-state index contributed by atoms with van der Waals surface area (Å²) in [6.07, 6.45) is 21.0. The van der Waals surface area contributed by atoms with E-state index < -0.39 is 0 Å². The Morgan fingerprint density at radius 1 is 0.941 bits per heavy atom. The van der Waals surface area contributed by atoms with Crippen LogP contribution in [0.3, 0.4) is 0 Å². The Morgan fingerprint density at radius 2 is 1.88 bits per heavy atom. The van der Waals surface area contributed by atoms with Gasteiger partial charge in [0.1, 0.15) is 0 Å². The zero-order valence-corrected chi connectivity index (χ0v) is 20.5. The van der Waals surface area contributed by atoms with Crippen LogP contribution in [0.25, 0.3) is 10.8 Å². The largest absolute Gasteiger partial charge is 0.264 e. The molecule has 34 heavy (non-hydrogen) atoms. The summed E-state index contributed by atoms with van der Waals surface area (Å²) >= 11 is 0. The second-order valence-corrected chi connectivity index (χ2v) is 12.2. The van der Waals surface area contributed by atoms with Crippen LogP contribution in [-0.4, -0.2) is 20.0 Å². The second-order valence-electron chi connectivity index (χ2n) is 12.2. The molecule has 0 N–H and O–H groups in total. The molecule has 4 aliphatic rings. The first-order valence-corrected chi connectivity index (χ1v) is 13.5. The number of allylic oxidation sites excluding steroid dienone is 2. The van der Waals surface area contributed by atoms with Gasteiger partial charge in [-0.3, -0.25) is 4.98 Å². The number of hydrogen-bond acceptors (Lipinski definition) is 3. The molecule has 7 rings (SSSR count). The third-order valence-electron chi connectivity index (χ3n) is 11.0. The van der Waals surface area contributed by atoms with E-state index in [2.05, 4.69) is 64.2 Å². The molecule has 2 heterocycles. The molecule has 0 bridgehead atoms. The summed E-state index contributed by atoms with van der Waals surface area (Å²) < 4.78 is 2.10. The fourth-order valence-electron chi connectivity index (χ4n) is 9.15. The van der Waals surface area contributed by atoms with Gasteiger partial charge >= 0.3 is 0 Å². The van der Waals surface area contributed by atoms with Crippen molar-refractivity contribution in [3.63, 3.8) is 0 Å². The average molecular weight is 453 g/mol. The van der Waals surface area contributed by atoms with E-state index in [1.165, 1.54) is 62.1 Å². The van der Waals surface area contributed by atoms with Crippen LogP contribution in [0.2, 0.25) is 0 Å². The van der Waals surface area contributed by atoms with Crippen LogP contribution >= 0.6 is 0 Å². The summed E-state index contributed by atoms with van der Waals surface area (Å²) in [7, 11) is 0. The maximum absolute atomic E-state index is 4.39. The summed E-state index contributed by atoms with van der Waals surface area (Å²) in [6, 6.07) is 9.80. The van der Waals surface area contributed by atoms with Crippen LogP contribution in [-0.2, 0) is 0 Å². The molecule has 0 aliphatic heterocycles. The van der Waals surface area contributed by atoms with Gasteiger partial charge in [-0.2, -0.15) is 0 Å². The Balaban J connectivity index is 1.18. The molecular formula is C30H36N4. The van der Waals surface area contributed by atoms with Gasteiger partial charge in [-0.15, -0.1) is 5.10 Å². The van der Waals surface area contributed by atoms with Crippen molar-refractivity contribution in [1.82, 2.24) is 20.0 Å². The Kier molecular flexibility index (Phi) is 4.60. The zero-order chi connectivity index (χ0) is 22.9. The predicted molar refractivity (Wildman–Crippen MR) is 135 cm³/mol. The molecule has 0 unspecified atom stereocenters. The van der Waals surface area contributed by atoms with Crippen LogP contribution in [0.1, 0.15) is 82.7 Å². The molecule has 2 aromatic heterocycles. The van der Waals surface area contributed by atoms with Crippen molar-refractivity contribution in [2.45, 2.75) is 77.2 Å². The highest BCUT2D eigenvalue weighted by Crippen LogP contribution is 2.68. The highest BCUT2D eigenvalue weighted by Gasteiger charge is 2.58. The monoisotopic (exact) mass is 452 g/mol. The minimum atomic E-state index is 0.383. The Labute approximate surface area is 202 Å². The first-order chi connectivity index (χ1) is 16.6. The van der Waals surface area contributed by atoms with E-state index >= 15 is 0 Å². The van der Waals surface area contributed by atoms with E-state index in [4.69, 9.17) is 0 Å². The highest BCUT2D eigenvalue weighted by molar-refractivity contribution is 5.82. The normalized spacial score (nSPS) is 39.2. The molecule has 3 aromatic rings. The molecule has 3 fully saturated rings. The molecule has 0 radical (unpaired) electrons. The van der Waals surface area contributed by atoms with Gasteiger partial charge in [0.2, 0.25) is 0 Å². The van der Waals surface area contributed by atoms with Gasteiger partial charge in [0.05, 0.1) is 12.2 Å². The highest BCUT2D eigenvalue weighted by atomic mass is 15.4. The van der Waals surface area contributed by atoms with E-state index in [-0.39, 0.29) is 0 Å². The van der Waals surface area contributed by atoms with Crippen LogP contribution < -0.4 is 0 Å². The Morgan fingerprint density at radius 3 is 2.76 bits per heavy atom. The number of rotatable bonds is 2. The average Bonchev–Trinajstić information content (AvgIpc) is 3.51. The number of hydrogen-bond donors (Lipinski definition) is 0. The lowest BCUT2D eigenvalue weighted by Crippen LogP contribution is -2.49. The lowest BCUT2D eigenvalue weighted by Gasteiger charge is -2.58. The summed E-state index contributed by atoms with van der Waals surface area (Å²) in [5, 5.41) is 11.0. The van der Waals surface area contributed by atoms with Crippen molar-refractivity contribution in [2.75, 3.05) is 0 Å². The molecule has 4 heteroatoms. The number of nitrogens with zero attached hydrogens (tertiary/aromatic N) is 4. The van der Waals surface area contributed by atoms with Crippen molar-refractivity contribution < 1.29 is 0 Å². The standard InChI is InChI=1S/C30H36N4/c1-29-12-9-24(34-16-15-32-33-34)18-23(29)5-6-25-27-8-7-26(30(27,2)13-10-28(25)29)21-4-3-20-11-14-31-19-22(20)17-21/h3-5,11,14-17,19,24-28H,6-10,12-13,18H2,1-2H3/t24-,25-,26+,27-,28-,29-,30+/m0/s1. The molecule has 0 spiro atoms. The third kappa shape index (κ3) is 2.93. The number of benzene rings is 1. The lowest BCUT2D eigenvalue weighted by atomic mass is 9.47. The van der Waals surface area contributed by atoms with Gasteiger partial charge in [-0.1, -0.05) is 42.8 Å². The molecule has 1 aromatic carbocycles. The van der Waals surface area contributed by atoms with Crippen molar-refractivity contribution >= 4 is 10.8 Å². The number of pyridine rings is 1. The smallest absolute Gasteiger partial charge is 0.0693 e. The zero-order valence-electron chi connectivity index (χ0n) is 20.5. The van der Waals surface area contributed by atoms with E-state index in [9.17, 15) is 0 Å². The molecule has 0 saturated heterocycles. The third-order valence-corrected chi connectivity index (χ3v) is 11.0. The van der Waals surface area contributed by atoms with Gasteiger partial charge in [0, 0.05) is 24.0 Å². The quantitative estimate of drug-likeness (QED) is 0.389. The molecule has 0 amide bonds. The topological polar surface area (TPSA) is 43.6 Å². The van der Waals surface area contributed by atoms with E-state index in [0.717, 1.165) is 17.8 Å². The fourth-order valence-corrected chi connectivity index (χ4v) is 9.15. The van der Waals surface area contributed by atoms with Crippen molar-refractivity contribution in [1.29, 1.82) is 0 Å². The summed E-state index contributed by atoms with van der Waals surface area (Å²) in [5.41, 5.74) is 4.08. The molecule has 176 valence electrons. The number of aromatic nitrogens is 4. The van der Waals surface area contributed by atoms with Crippen molar-refractivity contribution in [3.05, 3.63) is 66.3 Å². The van der Waals surface area contributed by atoms with Gasteiger partial charge in [-0.25, -0.2) is 4.68 Å². The van der Waals surface area contributed by atoms with Crippen LogP contribution in [0.15, 0.2) is 60.7 Å². The second kappa shape index (κ2) is 7.50. The van der Waals surface area contributed by atoms with Crippen molar-refractivity contribution in [3.8, 4) is 0 Å². The van der Waals surface area contributed by atoms with Gasteiger partial charge in [-0.05, 0) is 109 Å². The number of fused-ring (bicyclic) bond motifs is 6. The summed E-state index contributed by atoms with van der Waals surface area (Å²) in [5.74, 6) is 3.23. The minimum Gasteiger partial charge on any atom is -0.264 e. The van der Waals surface area contributed by atoms with E-state index in [1.54, 1.807) is 11.1 Å². The summed E-state index contributed by atoms with van der Waals surface area (Å²) in [4.78, 5) is 4.39. The van der Waals surface area contributed by atoms with Gasteiger partial charge < -0.3 is 0 Å². The lowest BCUT2D eigenvalue weighted by molar-refractivity contribution is -0.0342. The van der Waals surface area contributed by atoms with Crippen molar-refractivity contribution in [2.24, 2.45) is 28.6 Å². The Hall–Kier alpha value is -2.49. The van der Waals surface area contributed by atoms with Crippen LogP contribution in [0, 0.1) is 28.6 Å². The van der Waals surface area contributed by atoms with Crippen LogP contribution in [0.4, 0.5) is 0 Å². The molecule has 4 nitrogen and oxygen atoms in total. The maximum atomic E-state index is 4.39. The minimum absolute atomic E-state index is 0.383. The summed E-state index contributed by atoms with van der Waals surface area (Å²) in [6.45, 7) is 5.25. The molecule has 7 atom stereocenters. The fraction of sp³-hybridized carbons (Fsp3) is 0.567. The maximum Gasteiger partial charge on any atom is 0.0693 e. The molecule has 4 aliphatic carbocycles. The van der Waals surface area contributed by atoms with Gasteiger partial charge in [0.25, 0.3) is 0 Å². The van der Waals surface area contributed by atoms with Crippen LogP contribution in [0.5, 0.6) is 0 Å². The van der Waals surface area contributed by atoms with E-state index in [0.29, 0.717) is 22.8 Å². The Bertz CT molecular complexity index is 1250. The van der Waals surface area contributed by atoms with Gasteiger partial charge in [0.15, 0.2) is 0 Å². The molecule has 3 saturated carbocycles. The first-order valence-electron chi connectivity index (χ1n) is 13.5. The predicted octanol–water partition coefficient (Wildman–Crippen LogP) is 7.11.